The summed E-state index contributed by atoms with van der Waals surface area (Å²) >= 11 is 0. The highest BCUT2D eigenvalue weighted by atomic mass is 16.2. The van der Waals surface area contributed by atoms with Gasteiger partial charge in [0.05, 0.1) is 6.04 Å². The summed E-state index contributed by atoms with van der Waals surface area (Å²) in [5.74, 6) is 1.22. The maximum atomic E-state index is 12.3. The molecule has 2 rings (SSSR count). The molecule has 3 heteroatoms. The average Bonchev–Trinajstić information content (AvgIpc) is 2.76. The van der Waals surface area contributed by atoms with Gasteiger partial charge in [0, 0.05) is 13.1 Å². The SMILES string of the molecule is CCCC1CCCN(C(=O)[C@@H]2CCCN2)CC1. The molecule has 2 fully saturated rings. The van der Waals surface area contributed by atoms with Crippen LogP contribution in [-0.2, 0) is 4.79 Å². The Morgan fingerprint density at radius 3 is 2.82 bits per heavy atom. The Labute approximate surface area is 105 Å². The van der Waals surface area contributed by atoms with Crippen molar-refractivity contribution in [2.24, 2.45) is 5.92 Å². The van der Waals surface area contributed by atoms with Gasteiger partial charge in [0.25, 0.3) is 0 Å². The zero-order valence-electron chi connectivity index (χ0n) is 11.1. The van der Waals surface area contributed by atoms with Crippen molar-refractivity contribution in [2.45, 2.75) is 57.9 Å². The van der Waals surface area contributed by atoms with Gasteiger partial charge in [0.1, 0.15) is 0 Å². The summed E-state index contributed by atoms with van der Waals surface area (Å²) in [5, 5.41) is 3.32. The van der Waals surface area contributed by atoms with E-state index < -0.39 is 0 Å². The van der Waals surface area contributed by atoms with Crippen LogP contribution in [0.3, 0.4) is 0 Å². The van der Waals surface area contributed by atoms with Crippen LogP contribution in [0.5, 0.6) is 0 Å². The Morgan fingerprint density at radius 2 is 2.12 bits per heavy atom. The Bertz CT molecular complexity index is 249. The van der Waals surface area contributed by atoms with Crippen molar-refractivity contribution < 1.29 is 4.79 Å². The molecule has 0 saturated carbocycles. The van der Waals surface area contributed by atoms with Crippen molar-refractivity contribution >= 4 is 5.91 Å². The standard InChI is InChI=1S/C14H26N2O/c1-2-5-12-6-4-10-16(11-8-12)14(17)13-7-3-9-15-13/h12-13,15H,2-11H2,1H3/t12?,13-/m0/s1. The summed E-state index contributed by atoms with van der Waals surface area (Å²) in [6.45, 7) is 5.25. The maximum absolute atomic E-state index is 12.3. The van der Waals surface area contributed by atoms with E-state index in [9.17, 15) is 4.79 Å². The molecule has 0 radical (unpaired) electrons. The number of amides is 1. The van der Waals surface area contributed by atoms with E-state index in [-0.39, 0.29) is 6.04 Å². The monoisotopic (exact) mass is 238 g/mol. The molecule has 2 saturated heterocycles. The smallest absolute Gasteiger partial charge is 0.239 e. The van der Waals surface area contributed by atoms with Crippen LogP contribution in [0.4, 0.5) is 0 Å². The Kier molecular flexibility index (Phi) is 4.84. The number of nitrogens with one attached hydrogen (secondary N) is 1. The van der Waals surface area contributed by atoms with Gasteiger partial charge in [-0.1, -0.05) is 19.8 Å². The molecule has 2 aliphatic rings. The van der Waals surface area contributed by atoms with E-state index in [1.54, 1.807) is 0 Å². The molecular formula is C14H26N2O. The zero-order chi connectivity index (χ0) is 12.1. The normalized spacial score (nSPS) is 30.3. The van der Waals surface area contributed by atoms with E-state index in [4.69, 9.17) is 0 Å². The molecule has 0 aromatic carbocycles. The second-order valence-corrected chi connectivity index (χ2v) is 5.56. The molecular weight excluding hydrogens is 212 g/mol. The van der Waals surface area contributed by atoms with Crippen molar-refractivity contribution in [2.75, 3.05) is 19.6 Å². The number of rotatable bonds is 3. The highest BCUT2D eigenvalue weighted by Gasteiger charge is 2.28. The van der Waals surface area contributed by atoms with E-state index in [1.165, 1.54) is 32.1 Å². The van der Waals surface area contributed by atoms with Gasteiger partial charge in [-0.3, -0.25) is 4.79 Å². The van der Waals surface area contributed by atoms with Crippen molar-refractivity contribution in [1.29, 1.82) is 0 Å². The van der Waals surface area contributed by atoms with E-state index in [1.807, 2.05) is 0 Å². The van der Waals surface area contributed by atoms with Gasteiger partial charge < -0.3 is 10.2 Å². The minimum atomic E-state index is 0.123. The lowest BCUT2D eigenvalue weighted by Gasteiger charge is -2.24. The fraction of sp³-hybridized carbons (Fsp3) is 0.929. The second kappa shape index (κ2) is 6.39. The molecule has 1 N–H and O–H groups in total. The second-order valence-electron chi connectivity index (χ2n) is 5.56. The first-order chi connectivity index (χ1) is 8.31. The zero-order valence-corrected chi connectivity index (χ0v) is 11.1. The molecule has 2 heterocycles. The van der Waals surface area contributed by atoms with Gasteiger partial charge >= 0.3 is 0 Å². The van der Waals surface area contributed by atoms with Crippen molar-refractivity contribution in [3.05, 3.63) is 0 Å². The van der Waals surface area contributed by atoms with Crippen molar-refractivity contribution in [3.8, 4) is 0 Å². The van der Waals surface area contributed by atoms with Crippen molar-refractivity contribution in [1.82, 2.24) is 10.2 Å². The third kappa shape index (κ3) is 3.44. The predicted molar refractivity (Wildman–Crippen MR) is 69.9 cm³/mol. The number of likely N-dealkylation sites (tertiary alicyclic amines) is 1. The quantitative estimate of drug-likeness (QED) is 0.817. The van der Waals surface area contributed by atoms with Gasteiger partial charge in [-0.2, -0.15) is 0 Å². The molecule has 2 aliphatic heterocycles. The minimum Gasteiger partial charge on any atom is -0.341 e. The molecule has 2 atom stereocenters. The third-order valence-corrected chi connectivity index (χ3v) is 4.21. The Morgan fingerprint density at radius 1 is 1.24 bits per heavy atom. The molecule has 0 bridgehead atoms. The lowest BCUT2D eigenvalue weighted by atomic mass is 9.96. The summed E-state index contributed by atoms with van der Waals surface area (Å²) in [4.78, 5) is 14.4. The average molecular weight is 238 g/mol. The first kappa shape index (κ1) is 12.9. The predicted octanol–water partition coefficient (Wildman–Crippen LogP) is 2.17. The molecule has 1 unspecified atom stereocenters. The summed E-state index contributed by atoms with van der Waals surface area (Å²) in [7, 11) is 0. The topological polar surface area (TPSA) is 32.3 Å². The highest BCUT2D eigenvalue weighted by molar-refractivity contribution is 5.82. The molecule has 3 nitrogen and oxygen atoms in total. The minimum absolute atomic E-state index is 0.123. The van der Waals surface area contributed by atoms with Crippen LogP contribution in [0.2, 0.25) is 0 Å². The van der Waals surface area contributed by atoms with Gasteiger partial charge in [-0.15, -0.1) is 0 Å². The highest BCUT2D eigenvalue weighted by Crippen LogP contribution is 2.22. The maximum Gasteiger partial charge on any atom is 0.239 e. The van der Waals surface area contributed by atoms with E-state index >= 15 is 0 Å². The van der Waals surface area contributed by atoms with Crippen LogP contribution >= 0.6 is 0 Å². The van der Waals surface area contributed by atoms with E-state index in [2.05, 4.69) is 17.1 Å². The number of carbonyl (C=O) groups is 1. The van der Waals surface area contributed by atoms with Crippen LogP contribution in [0.25, 0.3) is 0 Å². The first-order valence-electron chi connectivity index (χ1n) is 7.33. The number of hydrogen-bond acceptors (Lipinski definition) is 2. The van der Waals surface area contributed by atoms with Gasteiger partial charge in [-0.05, 0) is 44.6 Å². The van der Waals surface area contributed by atoms with E-state index in [0.29, 0.717) is 5.91 Å². The number of nitrogens with zero attached hydrogens (tertiary/aromatic N) is 1. The number of hydrogen-bond donors (Lipinski definition) is 1. The molecule has 17 heavy (non-hydrogen) atoms. The van der Waals surface area contributed by atoms with Crippen molar-refractivity contribution in [3.63, 3.8) is 0 Å². The van der Waals surface area contributed by atoms with Gasteiger partial charge in [0.2, 0.25) is 5.91 Å². The summed E-state index contributed by atoms with van der Waals surface area (Å²) < 4.78 is 0. The largest absolute Gasteiger partial charge is 0.341 e. The van der Waals surface area contributed by atoms with Crippen LogP contribution in [0, 0.1) is 5.92 Å². The van der Waals surface area contributed by atoms with Crippen LogP contribution in [0.1, 0.15) is 51.9 Å². The van der Waals surface area contributed by atoms with Crippen LogP contribution in [0.15, 0.2) is 0 Å². The lowest BCUT2D eigenvalue weighted by Crippen LogP contribution is -2.44. The molecule has 0 aromatic rings. The molecule has 0 aromatic heterocycles. The Balaban J connectivity index is 1.83. The fourth-order valence-electron chi connectivity index (χ4n) is 3.20. The number of carbonyl (C=O) groups excluding carboxylic acids is 1. The Hall–Kier alpha value is -0.570. The van der Waals surface area contributed by atoms with Crippen LogP contribution < -0.4 is 5.32 Å². The third-order valence-electron chi connectivity index (χ3n) is 4.21. The summed E-state index contributed by atoms with van der Waals surface area (Å²) in [6, 6.07) is 0.123. The lowest BCUT2D eigenvalue weighted by molar-refractivity contribution is -0.133. The molecule has 0 aliphatic carbocycles. The summed E-state index contributed by atoms with van der Waals surface area (Å²) in [5.41, 5.74) is 0. The summed E-state index contributed by atoms with van der Waals surface area (Å²) in [6.07, 6.45) is 8.54. The molecule has 1 amide bonds. The first-order valence-corrected chi connectivity index (χ1v) is 7.33. The molecule has 0 spiro atoms. The molecule has 98 valence electrons. The fourth-order valence-corrected chi connectivity index (χ4v) is 3.20. The van der Waals surface area contributed by atoms with Gasteiger partial charge in [0.15, 0.2) is 0 Å². The van der Waals surface area contributed by atoms with Gasteiger partial charge in [-0.25, -0.2) is 0 Å². The van der Waals surface area contributed by atoms with Crippen LogP contribution in [-0.4, -0.2) is 36.5 Å². The van der Waals surface area contributed by atoms with E-state index in [0.717, 1.165) is 38.4 Å².